The van der Waals surface area contributed by atoms with Gasteiger partial charge in [0.1, 0.15) is 0 Å². The molecule has 0 atom stereocenters. The van der Waals surface area contributed by atoms with E-state index in [1.165, 1.54) is 11.1 Å². The lowest BCUT2D eigenvalue weighted by Gasteiger charge is -2.20. The van der Waals surface area contributed by atoms with Crippen molar-refractivity contribution in [3.8, 4) is 0 Å². The Morgan fingerprint density at radius 3 is 2.29 bits per heavy atom. The maximum Gasteiger partial charge on any atom is 0.183 e. The summed E-state index contributed by atoms with van der Waals surface area (Å²) in [6.45, 7) is 4.34. The van der Waals surface area contributed by atoms with Crippen molar-refractivity contribution in [1.29, 1.82) is 0 Å². The molecule has 21 heavy (non-hydrogen) atoms. The zero-order chi connectivity index (χ0) is 15.6. The Hall–Kier alpha value is -1.51. The third kappa shape index (κ3) is 3.99. The van der Waals surface area contributed by atoms with Crippen molar-refractivity contribution in [3.05, 3.63) is 63.1 Å². The van der Waals surface area contributed by atoms with Gasteiger partial charge in [-0.15, -0.1) is 0 Å². The highest BCUT2D eigenvalue weighted by Gasteiger charge is 2.14. The van der Waals surface area contributed by atoms with E-state index >= 15 is 0 Å². The second-order valence-corrected chi connectivity index (χ2v) is 6.09. The molecule has 0 heterocycles. The number of anilines is 1. The Balaban J connectivity index is 2.20. The van der Waals surface area contributed by atoms with Gasteiger partial charge in [-0.25, -0.2) is 0 Å². The van der Waals surface area contributed by atoms with Crippen LogP contribution in [0.4, 0.5) is 5.69 Å². The quantitative estimate of drug-likeness (QED) is 0.744. The minimum atomic E-state index is -0.0517. The molecule has 2 nitrogen and oxygen atoms in total. The van der Waals surface area contributed by atoms with Gasteiger partial charge in [0.05, 0.1) is 11.6 Å². The predicted molar refractivity (Wildman–Crippen MR) is 90.0 cm³/mol. The summed E-state index contributed by atoms with van der Waals surface area (Å²) in [6.07, 6.45) is 0. The van der Waals surface area contributed by atoms with Crippen LogP contribution in [0.3, 0.4) is 0 Å². The maximum absolute atomic E-state index is 12.4. The van der Waals surface area contributed by atoms with Gasteiger partial charge in [0, 0.05) is 23.3 Å². The molecule has 2 aromatic carbocycles. The lowest BCUT2D eigenvalue weighted by atomic mass is 10.1. The zero-order valence-corrected chi connectivity index (χ0v) is 13.8. The molecule has 0 aliphatic rings. The molecule has 2 rings (SSSR count). The molecule has 0 bridgehead atoms. The van der Waals surface area contributed by atoms with Gasteiger partial charge in [-0.05, 0) is 55.3 Å². The minimum Gasteiger partial charge on any atom is -0.367 e. The van der Waals surface area contributed by atoms with Crippen LogP contribution >= 0.6 is 23.2 Å². The fourth-order valence-corrected chi connectivity index (χ4v) is 2.67. The molecule has 0 radical (unpaired) electrons. The van der Waals surface area contributed by atoms with Crippen LogP contribution in [0.25, 0.3) is 0 Å². The maximum atomic E-state index is 12.4. The number of benzene rings is 2. The average molecular weight is 322 g/mol. The van der Waals surface area contributed by atoms with Gasteiger partial charge >= 0.3 is 0 Å². The van der Waals surface area contributed by atoms with Crippen LogP contribution < -0.4 is 4.90 Å². The topological polar surface area (TPSA) is 20.3 Å². The second kappa shape index (κ2) is 6.50. The van der Waals surface area contributed by atoms with Gasteiger partial charge in [-0.3, -0.25) is 4.79 Å². The Morgan fingerprint density at radius 2 is 1.67 bits per heavy atom. The third-order valence-corrected chi connectivity index (χ3v) is 3.82. The van der Waals surface area contributed by atoms with Crippen molar-refractivity contribution >= 4 is 34.7 Å². The fourth-order valence-electron chi connectivity index (χ4n) is 2.27. The van der Waals surface area contributed by atoms with Gasteiger partial charge in [-0.1, -0.05) is 29.3 Å². The summed E-state index contributed by atoms with van der Waals surface area (Å²) in [5, 5.41) is 0.940. The average Bonchev–Trinajstić information content (AvgIpc) is 2.40. The van der Waals surface area contributed by atoms with Gasteiger partial charge in [0.2, 0.25) is 0 Å². The Morgan fingerprint density at radius 1 is 1.05 bits per heavy atom. The van der Waals surface area contributed by atoms with Crippen molar-refractivity contribution in [2.45, 2.75) is 13.8 Å². The first-order valence-electron chi connectivity index (χ1n) is 6.64. The number of nitrogens with zero attached hydrogens (tertiary/aromatic N) is 1. The second-order valence-electron chi connectivity index (χ2n) is 5.25. The monoisotopic (exact) mass is 321 g/mol. The first-order chi connectivity index (χ1) is 9.86. The number of hydrogen-bond donors (Lipinski definition) is 0. The molecule has 2 aromatic rings. The fraction of sp³-hybridized carbons (Fsp3) is 0.235. The first-order valence-corrected chi connectivity index (χ1v) is 7.40. The number of hydrogen-bond acceptors (Lipinski definition) is 2. The van der Waals surface area contributed by atoms with Crippen LogP contribution in [0.1, 0.15) is 21.5 Å². The van der Waals surface area contributed by atoms with E-state index in [1.54, 1.807) is 18.2 Å². The van der Waals surface area contributed by atoms with Crippen molar-refractivity contribution < 1.29 is 4.79 Å². The number of carbonyl (C=O) groups is 1. The highest BCUT2D eigenvalue weighted by Crippen LogP contribution is 2.23. The van der Waals surface area contributed by atoms with E-state index in [0.29, 0.717) is 15.6 Å². The van der Waals surface area contributed by atoms with Crippen LogP contribution in [0.15, 0.2) is 36.4 Å². The molecule has 0 fully saturated rings. The molecule has 0 saturated carbocycles. The van der Waals surface area contributed by atoms with E-state index in [-0.39, 0.29) is 12.3 Å². The summed E-state index contributed by atoms with van der Waals surface area (Å²) in [5.41, 5.74) is 3.81. The van der Waals surface area contributed by atoms with E-state index in [4.69, 9.17) is 23.2 Å². The van der Waals surface area contributed by atoms with Crippen LogP contribution in [-0.4, -0.2) is 19.4 Å². The van der Waals surface area contributed by atoms with Crippen LogP contribution in [0, 0.1) is 13.8 Å². The number of Topliss-reactive ketones (excluding diaryl/α,β-unsaturated/α-hetero) is 1. The summed E-state index contributed by atoms with van der Waals surface area (Å²) in [5.74, 6) is -0.0517. The molecule has 0 saturated heterocycles. The number of rotatable bonds is 4. The largest absolute Gasteiger partial charge is 0.367 e. The van der Waals surface area contributed by atoms with Crippen molar-refractivity contribution in [2.75, 3.05) is 18.5 Å². The Labute approximate surface area is 135 Å². The highest BCUT2D eigenvalue weighted by atomic mass is 35.5. The number of halogens is 2. The predicted octanol–water partition coefficient (Wildman–Crippen LogP) is 4.93. The lowest BCUT2D eigenvalue weighted by Crippen LogP contribution is -2.26. The Bertz CT molecular complexity index is 662. The van der Waals surface area contributed by atoms with Crippen molar-refractivity contribution in [2.24, 2.45) is 0 Å². The molecule has 0 N–H and O–H groups in total. The smallest absolute Gasteiger partial charge is 0.183 e. The number of ketones is 1. The lowest BCUT2D eigenvalue weighted by molar-refractivity contribution is 0.100. The molecule has 0 aromatic heterocycles. The Kier molecular flexibility index (Phi) is 4.92. The molecule has 110 valence electrons. The third-order valence-electron chi connectivity index (χ3n) is 3.26. The van der Waals surface area contributed by atoms with Crippen molar-refractivity contribution in [1.82, 2.24) is 0 Å². The standard InChI is InChI=1S/C17H17Cl2NO/c1-11-6-12(2)8-14(7-11)20(3)10-17(21)15-9-13(18)4-5-16(15)19/h4-9H,10H2,1-3H3. The molecule has 4 heteroatoms. The molecular weight excluding hydrogens is 305 g/mol. The van der Waals surface area contributed by atoms with Crippen LogP contribution in [0.2, 0.25) is 10.0 Å². The summed E-state index contributed by atoms with van der Waals surface area (Å²) < 4.78 is 0. The van der Waals surface area contributed by atoms with E-state index in [9.17, 15) is 4.79 Å². The van der Waals surface area contributed by atoms with Gasteiger partial charge in [-0.2, -0.15) is 0 Å². The summed E-state index contributed by atoms with van der Waals surface area (Å²) >= 11 is 12.0. The molecule has 0 amide bonds. The molecular formula is C17H17Cl2NO. The highest BCUT2D eigenvalue weighted by molar-refractivity contribution is 6.36. The van der Waals surface area contributed by atoms with E-state index in [0.717, 1.165) is 5.69 Å². The number of aryl methyl sites for hydroxylation is 2. The summed E-state index contributed by atoms with van der Waals surface area (Å²) in [7, 11) is 1.89. The van der Waals surface area contributed by atoms with Gasteiger partial charge in [0.15, 0.2) is 5.78 Å². The van der Waals surface area contributed by atoms with E-state index in [2.05, 4.69) is 18.2 Å². The van der Waals surface area contributed by atoms with Crippen molar-refractivity contribution in [3.63, 3.8) is 0 Å². The number of likely N-dealkylation sites (N-methyl/N-ethyl adjacent to an activating group) is 1. The normalized spacial score (nSPS) is 10.5. The zero-order valence-electron chi connectivity index (χ0n) is 12.3. The first kappa shape index (κ1) is 15.9. The molecule has 0 spiro atoms. The van der Waals surface area contributed by atoms with Crippen LogP contribution in [0.5, 0.6) is 0 Å². The molecule has 0 aliphatic heterocycles. The minimum absolute atomic E-state index is 0.0517. The molecule has 0 unspecified atom stereocenters. The number of carbonyl (C=O) groups excluding carboxylic acids is 1. The molecule has 0 aliphatic carbocycles. The van der Waals surface area contributed by atoms with Gasteiger partial charge < -0.3 is 4.90 Å². The summed E-state index contributed by atoms with van der Waals surface area (Å²) in [6, 6.07) is 11.1. The summed E-state index contributed by atoms with van der Waals surface area (Å²) in [4.78, 5) is 14.3. The van der Waals surface area contributed by atoms with Gasteiger partial charge in [0.25, 0.3) is 0 Å². The van der Waals surface area contributed by atoms with Crippen LogP contribution in [-0.2, 0) is 0 Å². The SMILES string of the molecule is Cc1cc(C)cc(N(C)CC(=O)c2cc(Cl)ccc2Cl)c1. The van der Waals surface area contributed by atoms with E-state index in [1.807, 2.05) is 25.8 Å². The van der Waals surface area contributed by atoms with E-state index < -0.39 is 0 Å².